The molecular weight excluding hydrogens is 404 g/mol. The predicted molar refractivity (Wildman–Crippen MR) is 130 cm³/mol. The Morgan fingerprint density at radius 2 is 1.47 bits per heavy atom. The second kappa shape index (κ2) is 15.6. The van der Waals surface area contributed by atoms with E-state index in [9.17, 15) is 14.7 Å². The summed E-state index contributed by atoms with van der Waals surface area (Å²) in [6, 6.07) is 6.08. The first-order valence-corrected chi connectivity index (χ1v) is 12.0. The molecule has 0 aliphatic carbocycles. The van der Waals surface area contributed by atoms with Gasteiger partial charge in [0.25, 0.3) is 0 Å². The highest BCUT2D eigenvalue weighted by atomic mass is 16.3. The molecule has 2 amide bonds. The van der Waals surface area contributed by atoms with Gasteiger partial charge in [-0.25, -0.2) is 0 Å². The van der Waals surface area contributed by atoms with E-state index in [2.05, 4.69) is 16.0 Å². The number of benzene rings is 1. The average molecular weight is 449 g/mol. The smallest absolute Gasteiger partial charge is 0.242 e. The lowest BCUT2D eigenvalue weighted by Crippen LogP contribution is -2.51. The first-order valence-electron chi connectivity index (χ1n) is 12.0. The Kier molecular flexibility index (Phi) is 13.6. The van der Waals surface area contributed by atoms with Crippen LogP contribution in [0.3, 0.4) is 0 Å². The van der Waals surface area contributed by atoms with E-state index in [-0.39, 0.29) is 17.6 Å². The summed E-state index contributed by atoms with van der Waals surface area (Å²) in [5.41, 5.74) is 5.78. The quantitative estimate of drug-likeness (QED) is 0.249. The number of carbonyl (C=O) groups is 2. The number of phenolic OH excluding ortho intramolecular Hbond substituents is 1. The molecule has 6 N–H and O–H groups in total. The normalized spacial score (nSPS) is 12.4. The molecule has 1 aromatic rings. The van der Waals surface area contributed by atoms with Crippen molar-refractivity contribution >= 4 is 11.8 Å². The molecule has 1 aromatic carbocycles. The minimum atomic E-state index is -0.641. The first kappa shape index (κ1) is 27.9. The molecule has 1 atom stereocenters. The molecule has 1 rings (SSSR count). The number of phenols is 1. The van der Waals surface area contributed by atoms with Gasteiger partial charge in [0.1, 0.15) is 11.8 Å². The third-order valence-electron chi connectivity index (χ3n) is 5.32. The van der Waals surface area contributed by atoms with E-state index in [0.29, 0.717) is 13.0 Å². The number of rotatable bonds is 16. The number of hydrogen-bond acceptors (Lipinski definition) is 5. The van der Waals surface area contributed by atoms with E-state index in [0.717, 1.165) is 50.9 Å². The molecule has 182 valence electrons. The molecule has 0 aromatic heterocycles. The zero-order valence-corrected chi connectivity index (χ0v) is 20.2. The summed E-state index contributed by atoms with van der Waals surface area (Å²) in [6.45, 7) is 8.89. The molecule has 0 heterocycles. The summed E-state index contributed by atoms with van der Waals surface area (Å²) in [4.78, 5) is 25.2. The lowest BCUT2D eigenvalue weighted by atomic mass is 9.94. The Bertz CT molecular complexity index is 656. The number of nitrogens with two attached hydrogens (primary N) is 1. The number of aromatic hydroxyl groups is 1. The summed E-state index contributed by atoms with van der Waals surface area (Å²) in [6.07, 6.45) is 8.20. The van der Waals surface area contributed by atoms with Crippen LogP contribution in [0, 0.1) is 5.41 Å². The van der Waals surface area contributed by atoms with Crippen molar-refractivity contribution in [3.8, 4) is 5.75 Å². The number of nitrogens with one attached hydrogen (secondary N) is 3. The van der Waals surface area contributed by atoms with Crippen molar-refractivity contribution in [2.45, 2.75) is 78.2 Å². The van der Waals surface area contributed by atoms with Crippen molar-refractivity contribution in [2.75, 3.05) is 26.2 Å². The molecular formula is C25H44N4O3. The number of unbranched alkanes of at least 4 members (excludes halogenated alkanes) is 5. The van der Waals surface area contributed by atoms with Crippen molar-refractivity contribution in [3.05, 3.63) is 29.8 Å². The average Bonchev–Trinajstić information content (AvgIpc) is 2.74. The van der Waals surface area contributed by atoms with Gasteiger partial charge >= 0.3 is 0 Å². The number of carbonyl (C=O) groups excluding carboxylic acids is 2. The third kappa shape index (κ3) is 12.7. The maximum Gasteiger partial charge on any atom is 0.242 e. The van der Waals surface area contributed by atoms with Gasteiger partial charge < -0.3 is 26.8 Å². The molecule has 32 heavy (non-hydrogen) atoms. The molecule has 0 aliphatic heterocycles. The summed E-state index contributed by atoms with van der Waals surface area (Å²) < 4.78 is 0. The largest absolute Gasteiger partial charge is 0.508 e. The highest BCUT2D eigenvalue weighted by Crippen LogP contribution is 2.15. The molecule has 7 heteroatoms. The van der Waals surface area contributed by atoms with Crippen molar-refractivity contribution in [1.29, 1.82) is 0 Å². The van der Waals surface area contributed by atoms with Crippen LogP contribution in [-0.4, -0.2) is 49.1 Å². The maximum atomic E-state index is 12.8. The van der Waals surface area contributed by atoms with Crippen LogP contribution in [0.2, 0.25) is 0 Å². The van der Waals surface area contributed by atoms with E-state index >= 15 is 0 Å². The van der Waals surface area contributed by atoms with Gasteiger partial charge in [0, 0.05) is 18.4 Å². The Morgan fingerprint density at radius 1 is 0.906 bits per heavy atom. The molecule has 0 saturated heterocycles. The predicted octanol–water partition coefficient (Wildman–Crippen LogP) is 2.86. The standard InChI is InChI=1S/C25H44N4O3/c1-25(2,3)24(32)29-22(19-20-11-13-21(30)14-12-20)23(31)28-18-9-7-5-4-6-8-16-27-17-10-15-26/h11-14,22,27,30H,4-10,15-19,26H2,1-3H3,(H,28,31)(H,29,32)/t22-/m0/s1. The molecule has 0 unspecified atom stereocenters. The van der Waals surface area contributed by atoms with Crippen LogP contribution in [0.25, 0.3) is 0 Å². The van der Waals surface area contributed by atoms with E-state index < -0.39 is 11.5 Å². The van der Waals surface area contributed by atoms with Crippen LogP contribution in [0.4, 0.5) is 0 Å². The Morgan fingerprint density at radius 3 is 2.06 bits per heavy atom. The van der Waals surface area contributed by atoms with Crippen LogP contribution < -0.4 is 21.7 Å². The summed E-state index contributed by atoms with van der Waals surface area (Å²) >= 11 is 0. The lowest BCUT2D eigenvalue weighted by Gasteiger charge is -2.24. The van der Waals surface area contributed by atoms with E-state index in [1.807, 2.05) is 20.8 Å². The molecule has 7 nitrogen and oxygen atoms in total. The molecule has 0 spiro atoms. The van der Waals surface area contributed by atoms with Crippen LogP contribution in [-0.2, 0) is 16.0 Å². The molecule has 0 saturated carbocycles. The molecule has 0 radical (unpaired) electrons. The van der Waals surface area contributed by atoms with Gasteiger partial charge in [0.05, 0.1) is 0 Å². The van der Waals surface area contributed by atoms with Gasteiger partial charge in [-0.2, -0.15) is 0 Å². The number of amides is 2. The van der Waals surface area contributed by atoms with Gasteiger partial charge in [-0.15, -0.1) is 0 Å². The fourth-order valence-corrected chi connectivity index (χ4v) is 3.22. The van der Waals surface area contributed by atoms with Gasteiger partial charge in [-0.3, -0.25) is 9.59 Å². The van der Waals surface area contributed by atoms with Crippen LogP contribution >= 0.6 is 0 Å². The van der Waals surface area contributed by atoms with E-state index in [1.165, 1.54) is 19.3 Å². The fourth-order valence-electron chi connectivity index (χ4n) is 3.22. The van der Waals surface area contributed by atoms with Crippen LogP contribution in [0.15, 0.2) is 24.3 Å². The number of hydrogen-bond donors (Lipinski definition) is 5. The first-order chi connectivity index (χ1) is 15.2. The highest BCUT2D eigenvalue weighted by Gasteiger charge is 2.27. The molecule has 0 bridgehead atoms. The zero-order chi connectivity index (χ0) is 23.8. The van der Waals surface area contributed by atoms with Crippen LogP contribution in [0.1, 0.15) is 71.3 Å². The zero-order valence-electron chi connectivity index (χ0n) is 20.2. The van der Waals surface area contributed by atoms with Crippen molar-refractivity contribution in [3.63, 3.8) is 0 Å². The minimum absolute atomic E-state index is 0.158. The summed E-state index contributed by atoms with van der Waals surface area (Å²) in [7, 11) is 0. The monoisotopic (exact) mass is 448 g/mol. The van der Waals surface area contributed by atoms with Crippen molar-refractivity contribution < 1.29 is 14.7 Å². The minimum Gasteiger partial charge on any atom is -0.508 e. The van der Waals surface area contributed by atoms with Gasteiger partial charge in [0.2, 0.25) is 11.8 Å². The molecule has 0 aliphatic rings. The third-order valence-corrected chi connectivity index (χ3v) is 5.32. The second-order valence-corrected chi connectivity index (χ2v) is 9.45. The van der Waals surface area contributed by atoms with Crippen LogP contribution in [0.5, 0.6) is 5.75 Å². The maximum absolute atomic E-state index is 12.8. The van der Waals surface area contributed by atoms with E-state index in [4.69, 9.17) is 5.73 Å². The van der Waals surface area contributed by atoms with E-state index in [1.54, 1.807) is 24.3 Å². The summed E-state index contributed by atoms with van der Waals surface area (Å²) in [5, 5.41) is 18.7. The van der Waals surface area contributed by atoms with Gasteiger partial charge in [-0.1, -0.05) is 58.6 Å². The Balaban J connectivity index is 2.33. The topological polar surface area (TPSA) is 116 Å². The Hall–Kier alpha value is -2.12. The van der Waals surface area contributed by atoms with Gasteiger partial charge in [-0.05, 0) is 56.6 Å². The highest BCUT2D eigenvalue weighted by molar-refractivity contribution is 5.89. The second-order valence-electron chi connectivity index (χ2n) is 9.45. The van der Waals surface area contributed by atoms with Crippen molar-refractivity contribution in [2.24, 2.45) is 11.1 Å². The SMILES string of the molecule is CC(C)(C)C(=O)N[C@@H](Cc1ccc(O)cc1)C(=O)NCCCCCCCCNCCCN. The molecule has 0 fully saturated rings. The van der Waals surface area contributed by atoms with Crippen molar-refractivity contribution in [1.82, 2.24) is 16.0 Å². The fraction of sp³-hybridized carbons (Fsp3) is 0.680. The Labute approximate surface area is 193 Å². The lowest BCUT2D eigenvalue weighted by molar-refractivity contribution is -0.133. The van der Waals surface area contributed by atoms with Gasteiger partial charge in [0.15, 0.2) is 0 Å². The summed E-state index contributed by atoms with van der Waals surface area (Å²) in [5.74, 6) is -0.149.